The van der Waals surface area contributed by atoms with Crippen molar-refractivity contribution in [2.24, 2.45) is 5.92 Å². The van der Waals surface area contributed by atoms with Crippen LogP contribution in [-0.2, 0) is 4.79 Å². The maximum absolute atomic E-state index is 12.5. The van der Waals surface area contributed by atoms with Crippen molar-refractivity contribution in [2.75, 3.05) is 32.5 Å². The first-order chi connectivity index (χ1) is 10.4. The number of amides is 3. The van der Waals surface area contributed by atoms with Crippen LogP contribution < -0.4 is 5.32 Å². The van der Waals surface area contributed by atoms with E-state index in [1.54, 1.807) is 36.0 Å². The van der Waals surface area contributed by atoms with Crippen molar-refractivity contribution in [2.45, 2.75) is 19.8 Å². The molecule has 22 heavy (non-hydrogen) atoms. The zero-order valence-corrected chi connectivity index (χ0v) is 14.0. The highest BCUT2D eigenvalue weighted by Gasteiger charge is 2.29. The molecule has 0 aromatic heterocycles. The van der Waals surface area contributed by atoms with Crippen molar-refractivity contribution >= 4 is 29.2 Å². The van der Waals surface area contributed by atoms with Crippen molar-refractivity contribution < 1.29 is 9.59 Å². The molecule has 1 aliphatic heterocycles. The van der Waals surface area contributed by atoms with Crippen LogP contribution >= 0.6 is 11.6 Å². The number of nitrogens with one attached hydrogen (secondary N) is 1. The average Bonchev–Trinajstić information content (AvgIpc) is 2.50. The second kappa shape index (κ2) is 7.01. The smallest absolute Gasteiger partial charge is 0.319 e. The Balaban J connectivity index is 2.03. The number of piperidine rings is 1. The second-order valence-electron chi connectivity index (χ2n) is 5.91. The maximum Gasteiger partial charge on any atom is 0.319 e. The molecule has 0 spiro atoms. The maximum atomic E-state index is 12.5. The number of hydrogen-bond donors (Lipinski definition) is 1. The summed E-state index contributed by atoms with van der Waals surface area (Å²) in [6.07, 6.45) is 1.63. The van der Waals surface area contributed by atoms with Gasteiger partial charge in [0.15, 0.2) is 0 Å². The fraction of sp³-hybridized carbons (Fsp3) is 0.500. The Hall–Kier alpha value is -1.75. The highest BCUT2D eigenvalue weighted by molar-refractivity contribution is 6.31. The molecule has 1 fully saturated rings. The first kappa shape index (κ1) is 16.6. The predicted octanol–water partition coefficient (Wildman–Crippen LogP) is 2.98. The number of anilines is 1. The lowest BCUT2D eigenvalue weighted by molar-refractivity contribution is -0.121. The Morgan fingerprint density at radius 2 is 2.09 bits per heavy atom. The van der Waals surface area contributed by atoms with Crippen molar-refractivity contribution in [3.63, 3.8) is 0 Å². The van der Waals surface area contributed by atoms with Gasteiger partial charge in [-0.05, 0) is 37.5 Å². The molecule has 6 heteroatoms. The van der Waals surface area contributed by atoms with Crippen LogP contribution in [0.25, 0.3) is 0 Å². The molecule has 1 aromatic carbocycles. The van der Waals surface area contributed by atoms with Gasteiger partial charge in [0.2, 0.25) is 5.91 Å². The van der Waals surface area contributed by atoms with Crippen molar-refractivity contribution in [1.29, 1.82) is 0 Å². The van der Waals surface area contributed by atoms with Crippen LogP contribution in [-0.4, -0.2) is 48.9 Å². The number of aryl methyl sites for hydroxylation is 1. The standard InChI is InChI=1S/C16H22ClN3O2/c1-11-6-7-13(17)9-14(11)18-15(21)12-5-4-8-20(10-12)16(22)19(2)3/h6-7,9,12H,4-5,8,10H2,1-3H3,(H,18,21)/t12-/m0/s1. The van der Waals surface area contributed by atoms with Gasteiger partial charge in [0.1, 0.15) is 0 Å². The van der Waals surface area contributed by atoms with Crippen LogP contribution in [0.3, 0.4) is 0 Å². The summed E-state index contributed by atoms with van der Waals surface area (Å²) in [5, 5.41) is 3.53. The summed E-state index contributed by atoms with van der Waals surface area (Å²) < 4.78 is 0. The summed E-state index contributed by atoms with van der Waals surface area (Å²) in [6.45, 7) is 3.09. The van der Waals surface area contributed by atoms with Gasteiger partial charge in [-0.25, -0.2) is 4.79 Å². The molecule has 0 radical (unpaired) electrons. The first-order valence-corrected chi connectivity index (χ1v) is 7.79. The van der Waals surface area contributed by atoms with Crippen molar-refractivity contribution in [3.05, 3.63) is 28.8 Å². The Kier molecular flexibility index (Phi) is 5.29. The van der Waals surface area contributed by atoms with Gasteiger partial charge in [-0.15, -0.1) is 0 Å². The van der Waals surface area contributed by atoms with Crippen LogP contribution in [0.4, 0.5) is 10.5 Å². The van der Waals surface area contributed by atoms with Crippen LogP contribution in [0.1, 0.15) is 18.4 Å². The van der Waals surface area contributed by atoms with E-state index >= 15 is 0 Å². The molecule has 3 amide bonds. The monoisotopic (exact) mass is 323 g/mol. The summed E-state index contributed by atoms with van der Waals surface area (Å²) in [5.41, 5.74) is 1.70. The fourth-order valence-corrected chi connectivity index (χ4v) is 2.78. The van der Waals surface area contributed by atoms with Crippen LogP contribution in [0.2, 0.25) is 5.02 Å². The SMILES string of the molecule is Cc1ccc(Cl)cc1NC(=O)[C@H]1CCCN(C(=O)N(C)C)C1. The molecule has 0 bridgehead atoms. The molecule has 0 aliphatic carbocycles. The minimum atomic E-state index is -0.184. The Morgan fingerprint density at radius 3 is 2.77 bits per heavy atom. The summed E-state index contributed by atoms with van der Waals surface area (Å²) in [5.74, 6) is -0.238. The number of nitrogens with zero attached hydrogens (tertiary/aromatic N) is 2. The lowest BCUT2D eigenvalue weighted by Crippen LogP contribution is -2.47. The minimum absolute atomic E-state index is 0.0450. The van der Waals surface area contributed by atoms with Gasteiger partial charge in [-0.1, -0.05) is 17.7 Å². The van der Waals surface area contributed by atoms with Gasteiger partial charge in [-0.2, -0.15) is 0 Å². The predicted molar refractivity (Wildman–Crippen MR) is 88.2 cm³/mol. The van der Waals surface area contributed by atoms with Crippen LogP contribution in [0.15, 0.2) is 18.2 Å². The van der Waals surface area contributed by atoms with Crippen LogP contribution in [0.5, 0.6) is 0 Å². The molecule has 1 aliphatic rings. The number of halogens is 1. The quantitative estimate of drug-likeness (QED) is 0.909. The molecular weight excluding hydrogens is 302 g/mol. The van der Waals surface area contributed by atoms with E-state index in [2.05, 4.69) is 5.32 Å². The zero-order valence-electron chi connectivity index (χ0n) is 13.2. The largest absolute Gasteiger partial charge is 0.331 e. The number of likely N-dealkylation sites (tertiary alicyclic amines) is 1. The second-order valence-corrected chi connectivity index (χ2v) is 6.35. The third-order valence-electron chi connectivity index (χ3n) is 3.90. The Morgan fingerprint density at radius 1 is 1.36 bits per heavy atom. The van der Waals surface area contributed by atoms with E-state index in [-0.39, 0.29) is 17.9 Å². The number of urea groups is 1. The van der Waals surface area contributed by atoms with E-state index < -0.39 is 0 Å². The van der Waals surface area contributed by atoms with E-state index in [4.69, 9.17) is 11.6 Å². The molecule has 120 valence electrons. The molecule has 0 saturated carbocycles. The molecular formula is C16H22ClN3O2. The van der Waals surface area contributed by atoms with E-state index in [1.165, 1.54) is 0 Å². The van der Waals surface area contributed by atoms with Gasteiger partial charge in [-0.3, -0.25) is 4.79 Å². The van der Waals surface area contributed by atoms with E-state index in [0.29, 0.717) is 18.1 Å². The average molecular weight is 324 g/mol. The number of carbonyl (C=O) groups excluding carboxylic acids is 2. The lowest BCUT2D eigenvalue weighted by atomic mass is 9.97. The molecule has 2 rings (SSSR count). The number of rotatable bonds is 2. The fourth-order valence-electron chi connectivity index (χ4n) is 2.61. The third kappa shape index (κ3) is 3.91. The lowest BCUT2D eigenvalue weighted by Gasteiger charge is -2.33. The Bertz CT molecular complexity index is 575. The summed E-state index contributed by atoms with van der Waals surface area (Å²) >= 11 is 5.98. The van der Waals surface area contributed by atoms with Gasteiger partial charge in [0.25, 0.3) is 0 Å². The minimum Gasteiger partial charge on any atom is -0.331 e. The van der Waals surface area contributed by atoms with E-state index in [0.717, 1.165) is 24.1 Å². The summed E-state index contributed by atoms with van der Waals surface area (Å²) in [6, 6.07) is 5.38. The molecule has 1 atom stereocenters. The number of benzene rings is 1. The molecule has 1 N–H and O–H groups in total. The first-order valence-electron chi connectivity index (χ1n) is 7.41. The zero-order chi connectivity index (χ0) is 16.3. The van der Waals surface area contributed by atoms with Gasteiger partial charge < -0.3 is 15.1 Å². The highest BCUT2D eigenvalue weighted by Crippen LogP contribution is 2.23. The van der Waals surface area contributed by atoms with E-state index in [9.17, 15) is 9.59 Å². The molecule has 1 aromatic rings. The molecule has 1 saturated heterocycles. The summed E-state index contributed by atoms with van der Waals surface area (Å²) in [7, 11) is 3.45. The van der Waals surface area contributed by atoms with E-state index in [1.807, 2.05) is 13.0 Å². The molecule has 0 unspecified atom stereocenters. The molecule has 5 nitrogen and oxygen atoms in total. The normalized spacial score (nSPS) is 18.0. The third-order valence-corrected chi connectivity index (χ3v) is 4.14. The van der Waals surface area contributed by atoms with Crippen LogP contribution in [0, 0.1) is 12.8 Å². The topological polar surface area (TPSA) is 52.7 Å². The van der Waals surface area contributed by atoms with Gasteiger partial charge >= 0.3 is 6.03 Å². The van der Waals surface area contributed by atoms with Crippen molar-refractivity contribution in [3.8, 4) is 0 Å². The molecule has 1 heterocycles. The van der Waals surface area contributed by atoms with Crippen molar-refractivity contribution in [1.82, 2.24) is 9.80 Å². The van der Waals surface area contributed by atoms with Gasteiger partial charge in [0, 0.05) is 37.9 Å². The number of hydrogen-bond acceptors (Lipinski definition) is 2. The highest BCUT2D eigenvalue weighted by atomic mass is 35.5. The Labute approximate surface area is 136 Å². The number of carbonyl (C=O) groups is 2. The van der Waals surface area contributed by atoms with Gasteiger partial charge in [0.05, 0.1) is 5.92 Å². The summed E-state index contributed by atoms with van der Waals surface area (Å²) in [4.78, 5) is 27.8.